The molecule has 2 rings (SSSR count). The van der Waals surface area contributed by atoms with Crippen LogP contribution >= 0.6 is 11.8 Å². The maximum Gasteiger partial charge on any atom is 0.243 e. The third-order valence-electron chi connectivity index (χ3n) is 4.61. The highest BCUT2D eigenvalue weighted by Gasteiger charge is 2.40. The number of hydrogen-bond donors (Lipinski definition) is 1. The van der Waals surface area contributed by atoms with Crippen LogP contribution in [0.1, 0.15) is 46.5 Å². The third kappa shape index (κ3) is 5.38. The van der Waals surface area contributed by atoms with Gasteiger partial charge in [0, 0.05) is 25.8 Å². The van der Waals surface area contributed by atoms with E-state index in [2.05, 4.69) is 24.1 Å². The zero-order valence-electron chi connectivity index (χ0n) is 14.7. The Labute approximate surface area is 144 Å². The lowest BCUT2D eigenvalue weighted by molar-refractivity contribution is -0.138. The molecule has 2 atom stereocenters. The van der Waals surface area contributed by atoms with Crippen LogP contribution in [-0.2, 0) is 9.59 Å². The Morgan fingerprint density at radius 1 is 1.22 bits per heavy atom. The molecule has 2 fully saturated rings. The second-order valence-corrected chi connectivity index (χ2v) is 8.26. The average molecular weight is 342 g/mol. The van der Waals surface area contributed by atoms with Crippen LogP contribution in [0.2, 0.25) is 0 Å². The van der Waals surface area contributed by atoms with Crippen LogP contribution < -0.4 is 5.32 Å². The summed E-state index contributed by atoms with van der Waals surface area (Å²) in [6.07, 6.45) is 4.80. The number of nitrogens with one attached hydrogen (secondary N) is 1. The van der Waals surface area contributed by atoms with Gasteiger partial charge in [-0.3, -0.25) is 9.59 Å². The quantitative estimate of drug-likeness (QED) is 0.802. The molecular weight excluding hydrogens is 310 g/mol. The first kappa shape index (κ1) is 18.6. The van der Waals surface area contributed by atoms with E-state index in [1.165, 1.54) is 19.3 Å². The number of carbonyl (C=O) groups is 2. The topological polar surface area (TPSA) is 52.7 Å². The summed E-state index contributed by atoms with van der Waals surface area (Å²) in [5.74, 6) is 1.26. The molecule has 5 nitrogen and oxygen atoms in total. The standard InChI is InChI=1S/C17H31N3O2S/c1-13(2)11-16-20(14(3)21)15(12-23-16)17(22)18-7-10-19-8-5-4-6-9-19/h13,15-16H,4-12H2,1-3H3,(H,18,22). The number of thioether (sulfide) groups is 1. The van der Waals surface area contributed by atoms with Gasteiger partial charge >= 0.3 is 0 Å². The molecule has 0 bridgehead atoms. The Hall–Kier alpha value is -0.750. The molecule has 6 heteroatoms. The van der Waals surface area contributed by atoms with E-state index in [1.807, 2.05) is 0 Å². The summed E-state index contributed by atoms with van der Waals surface area (Å²) in [7, 11) is 0. The molecule has 2 aliphatic rings. The SMILES string of the molecule is CC(=O)N1C(CC(C)C)SCC1C(=O)NCCN1CCCCC1. The third-order valence-corrected chi connectivity index (χ3v) is 5.92. The number of carbonyl (C=O) groups excluding carboxylic acids is 2. The molecule has 0 saturated carbocycles. The predicted molar refractivity (Wildman–Crippen MR) is 95.3 cm³/mol. The zero-order valence-corrected chi connectivity index (χ0v) is 15.5. The highest BCUT2D eigenvalue weighted by Crippen LogP contribution is 2.33. The summed E-state index contributed by atoms with van der Waals surface area (Å²) in [4.78, 5) is 28.7. The van der Waals surface area contributed by atoms with Gasteiger partial charge < -0.3 is 15.1 Å². The van der Waals surface area contributed by atoms with Crippen LogP contribution in [-0.4, -0.2) is 65.0 Å². The van der Waals surface area contributed by atoms with Gasteiger partial charge in [-0.15, -0.1) is 11.8 Å². The van der Waals surface area contributed by atoms with Crippen molar-refractivity contribution in [3.8, 4) is 0 Å². The number of piperidine rings is 1. The maximum atomic E-state index is 12.5. The van der Waals surface area contributed by atoms with Gasteiger partial charge in [0.1, 0.15) is 6.04 Å². The van der Waals surface area contributed by atoms with Crippen molar-refractivity contribution in [3.63, 3.8) is 0 Å². The zero-order chi connectivity index (χ0) is 16.8. The lowest BCUT2D eigenvalue weighted by Gasteiger charge is -2.29. The summed E-state index contributed by atoms with van der Waals surface area (Å²) in [6.45, 7) is 9.78. The van der Waals surface area contributed by atoms with Crippen LogP contribution in [0.3, 0.4) is 0 Å². The molecule has 23 heavy (non-hydrogen) atoms. The Balaban J connectivity index is 1.81. The largest absolute Gasteiger partial charge is 0.353 e. The van der Waals surface area contributed by atoms with Crippen molar-refractivity contribution in [2.75, 3.05) is 31.9 Å². The van der Waals surface area contributed by atoms with E-state index in [9.17, 15) is 9.59 Å². The number of rotatable bonds is 6. The summed E-state index contributed by atoms with van der Waals surface area (Å²) in [5.41, 5.74) is 0. The second kappa shape index (κ2) is 8.92. The first-order chi connectivity index (χ1) is 11.0. The number of hydrogen-bond acceptors (Lipinski definition) is 4. The summed E-state index contributed by atoms with van der Waals surface area (Å²) in [5, 5.41) is 3.19. The van der Waals surface area contributed by atoms with E-state index in [0.29, 0.717) is 18.2 Å². The molecule has 1 N–H and O–H groups in total. The lowest BCUT2D eigenvalue weighted by Crippen LogP contribution is -2.50. The van der Waals surface area contributed by atoms with E-state index in [4.69, 9.17) is 0 Å². The second-order valence-electron chi connectivity index (χ2n) is 7.05. The molecule has 0 spiro atoms. The number of nitrogens with zero attached hydrogens (tertiary/aromatic N) is 2. The first-order valence-electron chi connectivity index (χ1n) is 8.89. The minimum absolute atomic E-state index is 0.0102. The highest BCUT2D eigenvalue weighted by atomic mass is 32.2. The molecule has 2 amide bonds. The molecule has 0 aromatic rings. The minimum Gasteiger partial charge on any atom is -0.353 e. The van der Waals surface area contributed by atoms with E-state index in [1.54, 1.807) is 23.6 Å². The summed E-state index contributed by atoms with van der Waals surface area (Å²) in [6, 6.07) is -0.303. The van der Waals surface area contributed by atoms with Crippen molar-refractivity contribution in [3.05, 3.63) is 0 Å². The van der Waals surface area contributed by atoms with Crippen molar-refractivity contribution in [2.24, 2.45) is 5.92 Å². The fourth-order valence-corrected chi connectivity index (χ4v) is 5.10. The Bertz CT molecular complexity index is 411. The smallest absolute Gasteiger partial charge is 0.243 e. The summed E-state index contributed by atoms with van der Waals surface area (Å²) >= 11 is 1.74. The molecule has 2 heterocycles. The molecule has 132 valence electrons. The van der Waals surface area contributed by atoms with Gasteiger partial charge in [0.2, 0.25) is 11.8 Å². The van der Waals surface area contributed by atoms with E-state index in [0.717, 1.165) is 26.1 Å². The number of likely N-dealkylation sites (tertiary alicyclic amines) is 1. The Kier molecular flexibility index (Phi) is 7.21. The number of amides is 2. The molecule has 0 aliphatic carbocycles. The first-order valence-corrected chi connectivity index (χ1v) is 9.94. The molecule has 0 aromatic carbocycles. The van der Waals surface area contributed by atoms with Crippen LogP contribution in [0.15, 0.2) is 0 Å². The van der Waals surface area contributed by atoms with Gasteiger partial charge in [-0.25, -0.2) is 0 Å². The minimum atomic E-state index is -0.303. The van der Waals surface area contributed by atoms with E-state index < -0.39 is 0 Å². The molecule has 0 aromatic heterocycles. The fourth-order valence-electron chi connectivity index (χ4n) is 3.41. The van der Waals surface area contributed by atoms with Crippen LogP contribution in [0, 0.1) is 5.92 Å². The van der Waals surface area contributed by atoms with Crippen molar-refractivity contribution < 1.29 is 9.59 Å². The predicted octanol–water partition coefficient (Wildman–Crippen LogP) is 1.92. The molecular formula is C17H31N3O2S. The van der Waals surface area contributed by atoms with Crippen LogP contribution in [0.4, 0.5) is 0 Å². The van der Waals surface area contributed by atoms with Gasteiger partial charge in [0.15, 0.2) is 0 Å². The average Bonchev–Trinajstić information content (AvgIpc) is 2.91. The van der Waals surface area contributed by atoms with E-state index >= 15 is 0 Å². The van der Waals surface area contributed by atoms with Crippen molar-refractivity contribution in [2.45, 2.75) is 57.9 Å². The Morgan fingerprint density at radius 2 is 1.91 bits per heavy atom. The van der Waals surface area contributed by atoms with Crippen molar-refractivity contribution in [1.82, 2.24) is 15.1 Å². The van der Waals surface area contributed by atoms with Gasteiger partial charge in [0.25, 0.3) is 0 Å². The fraction of sp³-hybridized carbons (Fsp3) is 0.882. The van der Waals surface area contributed by atoms with Crippen molar-refractivity contribution in [1.29, 1.82) is 0 Å². The van der Waals surface area contributed by atoms with Gasteiger partial charge in [-0.1, -0.05) is 20.3 Å². The van der Waals surface area contributed by atoms with Crippen molar-refractivity contribution >= 4 is 23.6 Å². The molecule has 2 aliphatic heterocycles. The van der Waals surface area contributed by atoms with Gasteiger partial charge in [0.05, 0.1) is 5.37 Å². The summed E-state index contributed by atoms with van der Waals surface area (Å²) < 4.78 is 0. The van der Waals surface area contributed by atoms with Crippen LogP contribution in [0.5, 0.6) is 0 Å². The normalized spacial score (nSPS) is 25.8. The van der Waals surface area contributed by atoms with E-state index in [-0.39, 0.29) is 23.2 Å². The maximum absolute atomic E-state index is 12.5. The lowest BCUT2D eigenvalue weighted by atomic mass is 10.1. The van der Waals surface area contributed by atoms with Gasteiger partial charge in [-0.2, -0.15) is 0 Å². The monoisotopic (exact) mass is 341 g/mol. The molecule has 2 unspecified atom stereocenters. The Morgan fingerprint density at radius 3 is 2.52 bits per heavy atom. The molecule has 0 radical (unpaired) electrons. The van der Waals surface area contributed by atoms with Crippen LogP contribution in [0.25, 0.3) is 0 Å². The highest BCUT2D eigenvalue weighted by molar-refractivity contribution is 8.00. The van der Waals surface area contributed by atoms with Gasteiger partial charge in [-0.05, 0) is 38.3 Å². The molecule has 2 saturated heterocycles.